The molecule has 0 fully saturated rings. The molecule has 0 atom stereocenters. The highest BCUT2D eigenvalue weighted by Gasteiger charge is 2.10. The van der Waals surface area contributed by atoms with Crippen molar-refractivity contribution in [2.24, 2.45) is 0 Å². The lowest BCUT2D eigenvalue weighted by Gasteiger charge is -2.07. The van der Waals surface area contributed by atoms with E-state index in [-0.39, 0.29) is 5.91 Å². The Hall–Kier alpha value is -2.82. The number of hydrogen-bond donors (Lipinski definition) is 2. The number of nitrogens with one attached hydrogen (secondary N) is 1. The van der Waals surface area contributed by atoms with E-state index < -0.39 is 5.97 Å². The molecule has 0 spiro atoms. The molecule has 0 bridgehead atoms. The molecule has 5 nitrogen and oxygen atoms in total. The Labute approximate surface area is 122 Å². The number of amides is 1. The number of anilines is 2. The average Bonchev–Trinajstić information content (AvgIpc) is 2.48. The molecular weight excluding hydrogens is 268 g/mol. The predicted molar refractivity (Wildman–Crippen MR) is 81.2 cm³/mol. The van der Waals surface area contributed by atoms with Crippen molar-refractivity contribution in [3.8, 4) is 0 Å². The van der Waals surface area contributed by atoms with Crippen molar-refractivity contribution >= 4 is 23.3 Å². The van der Waals surface area contributed by atoms with E-state index in [0.717, 1.165) is 0 Å². The molecule has 0 unspecified atom stereocenters. The van der Waals surface area contributed by atoms with E-state index in [1.165, 1.54) is 0 Å². The highest BCUT2D eigenvalue weighted by molar-refractivity contribution is 6.05. The Morgan fingerprint density at radius 2 is 1.81 bits per heavy atom. The number of ether oxygens (including phenoxy) is 1. The fourth-order valence-electron chi connectivity index (χ4n) is 1.82. The second kappa shape index (κ2) is 6.56. The number of benzene rings is 2. The highest BCUT2D eigenvalue weighted by atomic mass is 16.5. The van der Waals surface area contributed by atoms with E-state index >= 15 is 0 Å². The van der Waals surface area contributed by atoms with Crippen LogP contribution in [0.25, 0.3) is 0 Å². The summed E-state index contributed by atoms with van der Waals surface area (Å²) in [4.78, 5) is 23.7. The fraction of sp³-hybridized carbons (Fsp3) is 0.125. The van der Waals surface area contributed by atoms with Crippen LogP contribution in [0.15, 0.2) is 48.5 Å². The van der Waals surface area contributed by atoms with Gasteiger partial charge in [-0.25, -0.2) is 4.79 Å². The van der Waals surface area contributed by atoms with E-state index in [2.05, 4.69) is 5.32 Å². The van der Waals surface area contributed by atoms with Crippen LogP contribution in [-0.2, 0) is 4.74 Å². The normalized spacial score (nSPS) is 9.95. The third-order valence-corrected chi connectivity index (χ3v) is 2.78. The molecule has 0 aliphatic rings. The van der Waals surface area contributed by atoms with Crippen LogP contribution in [0.3, 0.4) is 0 Å². The monoisotopic (exact) mass is 284 g/mol. The molecule has 0 aliphatic heterocycles. The van der Waals surface area contributed by atoms with Crippen LogP contribution >= 0.6 is 0 Å². The molecule has 0 saturated carbocycles. The SMILES string of the molecule is CCOC(=O)c1cccc(NC(=O)c2cccc(N)c2)c1. The van der Waals surface area contributed by atoms with Gasteiger partial charge in [0.25, 0.3) is 5.91 Å². The van der Waals surface area contributed by atoms with Crippen molar-refractivity contribution in [3.63, 3.8) is 0 Å². The summed E-state index contributed by atoms with van der Waals surface area (Å²) in [5.41, 5.74) is 7.53. The van der Waals surface area contributed by atoms with Crippen molar-refractivity contribution in [2.75, 3.05) is 17.7 Å². The van der Waals surface area contributed by atoms with Crippen LogP contribution in [0.4, 0.5) is 11.4 Å². The van der Waals surface area contributed by atoms with Crippen molar-refractivity contribution in [2.45, 2.75) is 6.92 Å². The maximum Gasteiger partial charge on any atom is 0.338 e. The van der Waals surface area contributed by atoms with Gasteiger partial charge in [0.05, 0.1) is 12.2 Å². The summed E-state index contributed by atoms with van der Waals surface area (Å²) >= 11 is 0. The van der Waals surface area contributed by atoms with Gasteiger partial charge in [-0.1, -0.05) is 12.1 Å². The van der Waals surface area contributed by atoms with Gasteiger partial charge in [0.1, 0.15) is 0 Å². The number of carbonyl (C=O) groups excluding carboxylic acids is 2. The molecule has 0 aromatic heterocycles. The van der Waals surface area contributed by atoms with Gasteiger partial charge in [-0.05, 0) is 43.3 Å². The van der Waals surface area contributed by atoms with Gasteiger partial charge in [0, 0.05) is 16.9 Å². The molecule has 21 heavy (non-hydrogen) atoms. The molecule has 2 aromatic rings. The molecule has 108 valence electrons. The zero-order chi connectivity index (χ0) is 15.2. The molecule has 0 aliphatic carbocycles. The minimum atomic E-state index is -0.419. The maximum atomic E-state index is 12.1. The van der Waals surface area contributed by atoms with Crippen molar-refractivity contribution in [3.05, 3.63) is 59.7 Å². The molecule has 0 saturated heterocycles. The smallest absolute Gasteiger partial charge is 0.338 e. The first-order valence-corrected chi connectivity index (χ1v) is 6.54. The maximum absolute atomic E-state index is 12.1. The molecule has 5 heteroatoms. The number of nitrogens with two attached hydrogens (primary N) is 1. The zero-order valence-electron chi connectivity index (χ0n) is 11.6. The molecule has 0 heterocycles. The molecule has 2 rings (SSSR count). The number of nitrogen functional groups attached to an aromatic ring is 1. The van der Waals surface area contributed by atoms with Crippen LogP contribution in [-0.4, -0.2) is 18.5 Å². The van der Waals surface area contributed by atoms with E-state index in [4.69, 9.17) is 10.5 Å². The van der Waals surface area contributed by atoms with E-state index in [1.807, 2.05) is 0 Å². The summed E-state index contributed by atoms with van der Waals surface area (Å²) in [6.45, 7) is 2.04. The summed E-state index contributed by atoms with van der Waals surface area (Å²) in [5, 5.41) is 2.72. The number of carbonyl (C=O) groups is 2. The third-order valence-electron chi connectivity index (χ3n) is 2.78. The lowest BCUT2D eigenvalue weighted by Crippen LogP contribution is -2.13. The van der Waals surface area contributed by atoms with Gasteiger partial charge in [-0.2, -0.15) is 0 Å². The third kappa shape index (κ3) is 3.82. The second-order valence-electron chi connectivity index (χ2n) is 4.38. The van der Waals surface area contributed by atoms with Gasteiger partial charge in [0.2, 0.25) is 0 Å². The summed E-state index contributed by atoms with van der Waals surface area (Å²) in [5.74, 6) is -0.708. The predicted octanol–water partition coefficient (Wildman–Crippen LogP) is 2.70. The highest BCUT2D eigenvalue weighted by Crippen LogP contribution is 2.14. The summed E-state index contributed by atoms with van der Waals surface area (Å²) < 4.78 is 4.92. The molecule has 3 N–H and O–H groups in total. The van der Waals surface area contributed by atoms with Crippen LogP contribution in [0, 0.1) is 0 Å². The van der Waals surface area contributed by atoms with Crippen LogP contribution < -0.4 is 11.1 Å². The Balaban J connectivity index is 2.14. The molecule has 0 radical (unpaired) electrons. The van der Waals surface area contributed by atoms with Crippen LogP contribution in [0.2, 0.25) is 0 Å². The average molecular weight is 284 g/mol. The number of esters is 1. The largest absolute Gasteiger partial charge is 0.462 e. The first-order chi connectivity index (χ1) is 10.1. The zero-order valence-corrected chi connectivity index (χ0v) is 11.6. The Morgan fingerprint density at radius 3 is 2.52 bits per heavy atom. The second-order valence-corrected chi connectivity index (χ2v) is 4.38. The van der Waals surface area contributed by atoms with Crippen LogP contribution in [0.1, 0.15) is 27.6 Å². The minimum Gasteiger partial charge on any atom is -0.462 e. The van der Waals surface area contributed by atoms with Gasteiger partial charge in [-0.15, -0.1) is 0 Å². The van der Waals surface area contributed by atoms with E-state index in [0.29, 0.717) is 29.1 Å². The van der Waals surface area contributed by atoms with Crippen molar-refractivity contribution in [1.29, 1.82) is 0 Å². The summed E-state index contributed by atoms with van der Waals surface area (Å²) in [6.07, 6.45) is 0. The summed E-state index contributed by atoms with van der Waals surface area (Å²) in [6, 6.07) is 13.3. The topological polar surface area (TPSA) is 81.4 Å². The number of rotatable bonds is 4. The lowest BCUT2D eigenvalue weighted by atomic mass is 10.1. The molecular formula is C16H16N2O3. The van der Waals surface area contributed by atoms with Gasteiger partial charge < -0.3 is 15.8 Å². The van der Waals surface area contributed by atoms with Crippen LogP contribution in [0.5, 0.6) is 0 Å². The first kappa shape index (κ1) is 14.6. The van der Waals surface area contributed by atoms with Gasteiger partial charge >= 0.3 is 5.97 Å². The molecule has 2 aromatic carbocycles. The quantitative estimate of drug-likeness (QED) is 0.668. The Kier molecular flexibility index (Phi) is 4.56. The van der Waals surface area contributed by atoms with Crippen molar-refractivity contribution < 1.29 is 14.3 Å². The van der Waals surface area contributed by atoms with E-state index in [1.54, 1.807) is 55.5 Å². The number of hydrogen-bond acceptors (Lipinski definition) is 4. The first-order valence-electron chi connectivity index (χ1n) is 6.54. The Bertz CT molecular complexity index is 668. The fourth-order valence-corrected chi connectivity index (χ4v) is 1.82. The van der Waals surface area contributed by atoms with Crippen molar-refractivity contribution in [1.82, 2.24) is 0 Å². The van der Waals surface area contributed by atoms with Gasteiger partial charge in [-0.3, -0.25) is 4.79 Å². The molecule has 1 amide bonds. The standard InChI is InChI=1S/C16H16N2O3/c1-2-21-16(20)12-6-4-8-14(10-12)18-15(19)11-5-3-7-13(17)9-11/h3-10H,2,17H2,1H3,(H,18,19). The lowest BCUT2D eigenvalue weighted by molar-refractivity contribution is 0.0526. The van der Waals surface area contributed by atoms with Gasteiger partial charge in [0.15, 0.2) is 0 Å². The Morgan fingerprint density at radius 1 is 1.10 bits per heavy atom. The van der Waals surface area contributed by atoms with E-state index in [9.17, 15) is 9.59 Å². The summed E-state index contributed by atoms with van der Waals surface area (Å²) in [7, 11) is 0. The minimum absolute atomic E-state index is 0.289.